The van der Waals surface area contributed by atoms with Gasteiger partial charge in [-0.25, -0.2) is 0 Å². The fourth-order valence-electron chi connectivity index (χ4n) is 2.00. The number of halogens is 1. The quantitative estimate of drug-likeness (QED) is 0.768. The number of hydrogen-bond donors (Lipinski definition) is 1. The van der Waals surface area contributed by atoms with Crippen LogP contribution in [-0.2, 0) is 6.54 Å². The zero-order chi connectivity index (χ0) is 14.5. The number of nitrogens with zero attached hydrogens (tertiary/aromatic N) is 2. The predicted octanol–water partition coefficient (Wildman–Crippen LogP) is 3.99. The van der Waals surface area contributed by atoms with Crippen LogP contribution < -0.4 is 5.32 Å². The first-order valence-corrected chi connectivity index (χ1v) is 7.64. The molecule has 110 valence electrons. The average molecular weight is 286 g/mol. The number of alkyl halides is 1. The van der Waals surface area contributed by atoms with E-state index in [-0.39, 0.29) is 10.8 Å². The van der Waals surface area contributed by atoms with Crippen molar-refractivity contribution in [3.8, 4) is 0 Å². The Morgan fingerprint density at radius 1 is 1.42 bits per heavy atom. The molecular weight excluding hydrogens is 258 g/mol. The van der Waals surface area contributed by atoms with E-state index < -0.39 is 0 Å². The molecule has 1 heterocycles. The monoisotopic (exact) mass is 285 g/mol. The van der Waals surface area contributed by atoms with Crippen LogP contribution in [-0.4, -0.2) is 21.7 Å². The zero-order valence-electron chi connectivity index (χ0n) is 12.9. The molecule has 0 amide bonds. The van der Waals surface area contributed by atoms with Crippen molar-refractivity contribution >= 4 is 11.6 Å². The van der Waals surface area contributed by atoms with Crippen LogP contribution in [0.15, 0.2) is 12.3 Å². The van der Waals surface area contributed by atoms with Crippen molar-refractivity contribution in [1.29, 1.82) is 0 Å². The first-order chi connectivity index (χ1) is 8.81. The smallest absolute Gasteiger partial charge is 0.0762 e. The Hall–Kier alpha value is -0.540. The highest BCUT2D eigenvalue weighted by molar-refractivity contribution is 6.20. The molecule has 1 aromatic heterocycles. The Kier molecular flexibility index (Phi) is 6.34. The summed E-state index contributed by atoms with van der Waals surface area (Å²) >= 11 is 6.32. The molecule has 0 radical (unpaired) electrons. The third-order valence-corrected chi connectivity index (χ3v) is 3.52. The van der Waals surface area contributed by atoms with Crippen LogP contribution in [0.1, 0.15) is 59.2 Å². The fourth-order valence-corrected chi connectivity index (χ4v) is 2.57. The van der Waals surface area contributed by atoms with E-state index in [1.165, 1.54) is 0 Å². The van der Waals surface area contributed by atoms with Gasteiger partial charge in [-0.15, -0.1) is 11.6 Å². The number of aromatic nitrogens is 2. The Balaban J connectivity index is 2.31. The molecule has 0 aliphatic rings. The lowest BCUT2D eigenvalue weighted by molar-refractivity contribution is 0.364. The first-order valence-electron chi connectivity index (χ1n) is 7.20. The summed E-state index contributed by atoms with van der Waals surface area (Å²) in [6.45, 7) is 12.6. The standard InChI is InChI=1S/C15H28ClN3/c1-6-12(2)19-8-7-14(18-19)11-17-10-13(16)9-15(3,4)5/h7-8,12-13,17H,6,9-11H2,1-5H3. The van der Waals surface area contributed by atoms with Crippen LogP contribution >= 0.6 is 11.6 Å². The van der Waals surface area contributed by atoms with Gasteiger partial charge in [0.25, 0.3) is 0 Å². The minimum absolute atomic E-state index is 0.177. The summed E-state index contributed by atoms with van der Waals surface area (Å²) in [5.74, 6) is 0. The zero-order valence-corrected chi connectivity index (χ0v) is 13.7. The Bertz CT molecular complexity index is 368. The summed E-state index contributed by atoms with van der Waals surface area (Å²) in [6, 6.07) is 2.54. The van der Waals surface area contributed by atoms with Crippen molar-refractivity contribution in [2.24, 2.45) is 5.41 Å². The summed E-state index contributed by atoms with van der Waals surface area (Å²) in [7, 11) is 0. The number of hydrogen-bond acceptors (Lipinski definition) is 2. The van der Waals surface area contributed by atoms with Crippen molar-refractivity contribution in [2.75, 3.05) is 6.54 Å². The molecule has 4 heteroatoms. The van der Waals surface area contributed by atoms with Gasteiger partial charge < -0.3 is 5.32 Å². The number of rotatable bonds is 7. The summed E-state index contributed by atoms with van der Waals surface area (Å²) in [4.78, 5) is 0. The van der Waals surface area contributed by atoms with E-state index in [4.69, 9.17) is 11.6 Å². The van der Waals surface area contributed by atoms with Crippen LogP contribution in [0.25, 0.3) is 0 Å². The summed E-state index contributed by atoms with van der Waals surface area (Å²) in [5.41, 5.74) is 1.37. The van der Waals surface area contributed by atoms with Gasteiger partial charge in [0.1, 0.15) is 0 Å². The largest absolute Gasteiger partial charge is 0.310 e. The van der Waals surface area contributed by atoms with Gasteiger partial charge in [0.15, 0.2) is 0 Å². The van der Waals surface area contributed by atoms with Crippen LogP contribution in [0.4, 0.5) is 0 Å². The molecule has 2 atom stereocenters. The van der Waals surface area contributed by atoms with Gasteiger partial charge in [-0.2, -0.15) is 5.10 Å². The molecule has 0 aromatic carbocycles. The minimum Gasteiger partial charge on any atom is -0.310 e. The lowest BCUT2D eigenvalue weighted by Gasteiger charge is -2.21. The third kappa shape index (κ3) is 6.44. The maximum absolute atomic E-state index is 6.32. The van der Waals surface area contributed by atoms with Gasteiger partial charge in [-0.3, -0.25) is 4.68 Å². The van der Waals surface area contributed by atoms with Crippen molar-refractivity contribution in [3.63, 3.8) is 0 Å². The van der Waals surface area contributed by atoms with Crippen LogP contribution in [0, 0.1) is 5.41 Å². The van der Waals surface area contributed by atoms with E-state index in [1.807, 2.05) is 4.68 Å². The van der Waals surface area contributed by atoms with Crippen LogP contribution in [0.3, 0.4) is 0 Å². The highest BCUT2D eigenvalue weighted by Gasteiger charge is 2.16. The highest BCUT2D eigenvalue weighted by Crippen LogP contribution is 2.23. The van der Waals surface area contributed by atoms with Crippen LogP contribution in [0.5, 0.6) is 0 Å². The van der Waals surface area contributed by atoms with Crippen molar-refractivity contribution in [1.82, 2.24) is 15.1 Å². The van der Waals surface area contributed by atoms with Crippen molar-refractivity contribution < 1.29 is 0 Å². The Morgan fingerprint density at radius 3 is 2.68 bits per heavy atom. The summed E-state index contributed by atoms with van der Waals surface area (Å²) in [5, 5.41) is 8.13. The van der Waals surface area contributed by atoms with E-state index in [0.717, 1.165) is 31.6 Å². The molecule has 19 heavy (non-hydrogen) atoms. The molecule has 0 fully saturated rings. The molecule has 3 nitrogen and oxygen atoms in total. The van der Waals surface area contributed by atoms with Crippen molar-refractivity contribution in [3.05, 3.63) is 18.0 Å². The molecule has 2 unspecified atom stereocenters. The van der Waals surface area contributed by atoms with E-state index >= 15 is 0 Å². The van der Waals surface area contributed by atoms with Gasteiger partial charge in [0.2, 0.25) is 0 Å². The second kappa shape index (κ2) is 7.30. The van der Waals surface area contributed by atoms with E-state index in [2.05, 4.69) is 57.3 Å². The molecule has 1 N–H and O–H groups in total. The topological polar surface area (TPSA) is 29.9 Å². The molecule has 0 spiro atoms. The van der Waals surface area contributed by atoms with Gasteiger partial charge in [0.05, 0.1) is 5.69 Å². The van der Waals surface area contributed by atoms with E-state index in [9.17, 15) is 0 Å². The van der Waals surface area contributed by atoms with Gasteiger partial charge in [-0.05, 0) is 31.2 Å². The molecule has 1 aromatic rings. The second-order valence-corrected chi connectivity index (χ2v) is 7.15. The molecule has 0 aliphatic heterocycles. The number of nitrogens with one attached hydrogen (secondary N) is 1. The molecule has 0 aliphatic carbocycles. The molecule has 1 rings (SSSR count). The Morgan fingerprint density at radius 2 is 2.11 bits per heavy atom. The van der Waals surface area contributed by atoms with Crippen LogP contribution in [0.2, 0.25) is 0 Å². The lowest BCUT2D eigenvalue weighted by atomic mass is 9.90. The van der Waals surface area contributed by atoms with Gasteiger partial charge >= 0.3 is 0 Å². The van der Waals surface area contributed by atoms with Gasteiger partial charge in [0, 0.05) is 30.7 Å². The molecule has 0 saturated heterocycles. The third-order valence-electron chi connectivity index (χ3n) is 3.21. The molecule has 0 saturated carbocycles. The average Bonchev–Trinajstić information content (AvgIpc) is 2.74. The second-order valence-electron chi connectivity index (χ2n) is 6.54. The fraction of sp³-hybridized carbons (Fsp3) is 0.800. The maximum atomic E-state index is 6.32. The van der Waals surface area contributed by atoms with E-state index in [1.54, 1.807) is 0 Å². The van der Waals surface area contributed by atoms with E-state index in [0.29, 0.717) is 6.04 Å². The first kappa shape index (κ1) is 16.5. The predicted molar refractivity (Wildman–Crippen MR) is 82.6 cm³/mol. The molecule has 0 bridgehead atoms. The lowest BCUT2D eigenvalue weighted by Crippen LogP contribution is -2.26. The van der Waals surface area contributed by atoms with Crippen molar-refractivity contribution in [2.45, 2.75) is 65.4 Å². The normalized spacial score (nSPS) is 15.5. The van der Waals surface area contributed by atoms with Gasteiger partial charge in [-0.1, -0.05) is 27.7 Å². The minimum atomic E-state index is 0.177. The molecular formula is C15H28ClN3. The highest BCUT2D eigenvalue weighted by atomic mass is 35.5. The Labute approximate surface area is 122 Å². The maximum Gasteiger partial charge on any atom is 0.0762 e. The summed E-state index contributed by atoms with van der Waals surface area (Å²) < 4.78 is 2.03. The summed E-state index contributed by atoms with van der Waals surface area (Å²) in [6.07, 6.45) is 4.17. The SMILES string of the molecule is CCC(C)n1ccc(CNCC(Cl)CC(C)(C)C)n1.